The summed E-state index contributed by atoms with van der Waals surface area (Å²) in [5.74, 6) is -2.17. The van der Waals surface area contributed by atoms with E-state index in [0.29, 0.717) is 10.8 Å². The lowest BCUT2D eigenvalue weighted by atomic mass is 10.1. The number of alkyl halides is 6. The molecule has 0 aliphatic carbocycles. The number of rotatable bonds is 3. The number of aromatic carboxylic acids is 1. The lowest BCUT2D eigenvalue weighted by molar-refractivity contribution is -0.141. The number of carboxylic acids is 1. The van der Waals surface area contributed by atoms with Crippen LogP contribution in [0.1, 0.15) is 21.6 Å². The van der Waals surface area contributed by atoms with Gasteiger partial charge >= 0.3 is 18.3 Å². The van der Waals surface area contributed by atoms with Crippen LogP contribution < -0.4 is 5.73 Å². The van der Waals surface area contributed by atoms with E-state index in [0.717, 1.165) is 18.2 Å². The summed E-state index contributed by atoms with van der Waals surface area (Å²) in [5, 5.41) is 8.93. The Kier molecular flexibility index (Phi) is 4.21. The predicted molar refractivity (Wildman–Crippen MR) is 69.7 cm³/mol. The smallest absolute Gasteiger partial charge is 0.434 e. The van der Waals surface area contributed by atoms with Gasteiger partial charge in [-0.3, -0.25) is 4.57 Å². The number of hydrogen-bond acceptors (Lipinski definition) is 3. The zero-order valence-electron chi connectivity index (χ0n) is 11.6. The molecule has 11 heteroatoms. The molecular weight excluding hydrogens is 344 g/mol. The zero-order valence-corrected chi connectivity index (χ0v) is 11.6. The van der Waals surface area contributed by atoms with Gasteiger partial charge in [0.1, 0.15) is 0 Å². The highest BCUT2D eigenvalue weighted by atomic mass is 19.4. The topological polar surface area (TPSA) is 81.1 Å². The van der Waals surface area contributed by atoms with Crippen LogP contribution in [0.3, 0.4) is 0 Å². The largest absolute Gasteiger partial charge is 0.478 e. The molecule has 0 bridgehead atoms. The summed E-state index contributed by atoms with van der Waals surface area (Å²) in [4.78, 5) is 14.0. The third-order valence-electron chi connectivity index (χ3n) is 3.01. The molecule has 0 amide bonds. The van der Waals surface area contributed by atoms with Crippen molar-refractivity contribution in [3.05, 3.63) is 41.2 Å². The summed E-state index contributed by atoms with van der Waals surface area (Å²) >= 11 is 0. The zero-order chi connectivity index (χ0) is 18.3. The van der Waals surface area contributed by atoms with Crippen molar-refractivity contribution in [2.24, 2.45) is 0 Å². The fourth-order valence-corrected chi connectivity index (χ4v) is 2.01. The van der Waals surface area contributed by atoms with E-state index in [4.69, 9.17) is 10.8 Å². The average molecular weight is 353 g/mol. The number of hydrogen-bond donors (Lipinski definition) is 2. The highest BCUT2D eigenvalue weighted by Crippen LogP contribution is 2.32. The summed E-state index contributed by atoms with van der Waals surface area (Å²) in [6.45, 7) is 0. The van der Waals surface area contributed by atoms with Gasteiger partial charge in [-0.15, -0.1) is 0 Å². The van der Waals surface area contributed by atoms with E-state index < -0.39 is 53.2 Å². The third-order valence-corrected chi connectivity index (χ3v) is 3.01. The molecule has 2 rings (SSSR count). The number of imidazole rings is 1. The number of anilines is 1. The van der Waals surface area contributed by atoms with Gasteiger partial charge in [0.05, 0.1) is 17.7 Å². The van der Waals surface area contributed by atoms with Crippen molar-refractivity contribution in [3.63, 3.8) is 0 Å². The number of aromatic nitrogens is 2. The molecule has 0 aliphatic rings. The maximum absolute atomic E-state index is 12.7. The van der Waals surface area contributed by atoms with Gasteiger partial charge in [0.25, 0.3) is 0 Å². The van der Waals surface area contributed by atoms with Crippen LogP contribution in [0.15, 0.2) is 24.4 Å². The number of nitrogens with zero attached hydrogens (tertiary/aromatic N) is 2. The first-order valence-corrected chi connectivity index (χ1v) is 6.24. The quantitative estimate of drug-likeness (QED) is 0.830. The molecule has 3 N–H and O–H groups in total. The Bertz CT molecular complexity index is 779. The summed E-state index contributed by atoms with van der Waals surface area (Å²) in [6, 6.07) is 2.60. The first-order valence-electron chi connectivity index (χ1n) is 6.24. The van der Waals surface area contributed by atoms with Gasteiger partial charge in [-0.1, -0.05) is 6.07 Å². The van der Waals surface area contributed by atoms with Crippen LogP contribution in [0.2, 0.25) is 0 Å². The van der Waals surface area contributed by atoms with Crippen LogP contribution in [0.4, 0.5) is 32.3 Å². The summed E-state index contributed by atoms with van der Waals surface area (Å²) in [6.07, 6.45) is -10.6. The monoisotopic (exact) mass is 353 g/mol. The van der Waals surface area contributed by atoms with Crippen LogP contribution in [0.25, 0.3) is 5.69 Å². The number of halogens is 6. The van der Waals surface area contributed by atoms with Crippen LogP contribution >= 0.6 is 0 Å². The number of carboxylic acid groups (broad SMARTS) is 1. The van der Waals surface area contributed by atoms with Crippen LogP contribution in [-0.2, 0) is 12.6 Å². The molecule has 2 aromatic rings. The maximum atomic E-state index is 12.7. The van der Waals surface area contributed by atoms with E-state index in [1.165, 1.54) is 0 Å². The molecule has 0 radical (unpaired) electrons. The second kappa shape index (κ2) is 5.73. The summed E-state index contributed by atoms with van der Waals surface area (Å²) in [7, 11) is 0. The fraction of sp³-hybridized carbons (Fsp3) is 0.231. The molecule has 0 saturated carbocycles. The van der Waals surface area contributed by atoms with E-state index in [9.17, 15) is 31.1 Å². The highest BCUT2D eigenvalue weighted by Gasteiger charge is 2.35. The molecule has 1 aromatic carbocycles. The van der Waals surface area contributed by atoms with Crippen molar-refractivity contribution >= 4 is 11.9 Å². The van der Waals surface area contributed by atoms with Crippen LogP contribution in [0, 0.1) is 0 Å². The van der Waals surface area contributed by atoms with Crippen molar-refractivity contribution in [3.8, 4) is 5.69 Å². The molecule has 1 heterocycles. The van der Waals surface area contributed by atoms with E-state index in [-0.39, 0.29) is 0 Å². The first-order chi connectivity index (χ1) is 10.9. The van der Waals surface area contributed by atoms with Crippen LogP contribution in [-0.4, -0.2) is 26.8 Å². The van der Waals surface area contributed by atoms with E-state index in [2.05, 4.69) is 4.98 Å². The minimum absolute atomic E-state index is 0.405. The second-order valence-corrected chi connectivity index (χ2v) is 4.79. The SMILES string of the molecule is Nc1nc(C(F)(F)F)cn1-c1cc(C(=O)O)ccc1CC(F)(F)F. The van der Waals surface area contributed by atoms with E-state index in [1.54, 1.807) is 0 Å². The highest BCUT2D eigenvalue weighted by molar-refractivity contribution is 5.88. The van der Waals surface area contributed by atoms with Gasteiger partial charge < -0.3 is 10.8 Å². The minimum atomic E-state index is -4.85. The normalized spacial score (nSPS) is 12.4. The molecule has 0 atom stereocenters. The van der Waals surface area contributed by atoms with Crippen molar-refractivity contribution in [2.45, 2.75) is 18.8 Å². The standard InChI is InChI=1S/C13H9F6N3O2/c14-12(15,16)4-7-2-1-6(10(23)24)3-8(7)22-5-9(13(17,18)19)21-11(22)20/h1-3,5H,4H2,(H2,20,21)(H,23,24). The van der Waals surface area contributed by atoms with E-state index in [1.807, 2.05) is 0 Å². The lowest BCUT2D eigenvalue weighted by Gasteiger charge is -2.14. The van der Waals surface area contributed by atoms with Crippen molar-refractivity contribution in [2.75, 3.05) is 5.73 Å². The molecule has 5 nitrogen and oxygen atoms in total. The van der Waals surface area contributed by atoms with Gasteiger partial charge in [-0.25, -0.2) is 9.78 Å². The molecule has 0 spiro atoms. The third kappa shape index (κ3) is 3.78. The molecule has 24 heavy (non-hydrogen) atoms. The van der Waals surface area contributed by atoms with E-state index >= 15 is 0 Å². The number of nitrogen functional groups attached to an aromatic ring is 1. The number of nitrogens with two attached hydrogens (primary N) is 1. The maximum Gasteiger partial charge on any atom is 0.434 e. The molecule has 0 aliphatic heterocycles. The predicted octanol–water partition coefficient (Wildman–Crippen LogP) is 3.28. The molecule has 1 aromatic heterocycles. The Hall–Kier alpha value is -2.72. The summed E-state index contributed by atoms with van der Waals surface area (Å²) < 4.78 is 76.5. The van der Waals surface area contributed by atoms with Gasteiger partial charge in [0.2, 0.25) is 5.95 Å². The van der Waals surface area contributed by atoms with Gasteiger partial charge in [0, 0.05) is 6.20 Å². The molecule has 0 saturated heterocycles. The fourth-order valence-electron chi connectivity index (χ4n) is 2.01. The molecular formula is C13H9F6N3O2. The van der Waals surface area contributed by atoms with Gasteiger partial charge in [0.15, 0.2) is 5.69 Å². The Morgan fingerprint density at radius 1 is 1.21 bits per heavy atom. The van der Waals surface area contributed by atoms with Gasteiger partial charge in [-0.2, -0.15) is 26.3 Å². The van der Waals surface area contributed by atoms with Crippen molar-refractivity contribution < 1.29 is 36.2 Å². The van der Waals surface area contributed by atoms with Gasteiger partial charge in [-0.05, 0) is 17.7 Å². The lowest BCUT2D eigenvalue weighted by Crippen LogP contribution is -2.15. The van der Waals surface area contributed by atoms with Crippen LogP contribution in [0.5, 0.6) is 0 Å². The molecule has 0 fully saturated rings. The second-order valence-electron chi connectivity index (χ2n) is 4.79. The number of benzene rings is 1. The molecule has 130 valence electrons. The van der Waals surface area contributed by atoms with Crippen molar-refractivity contribution in [1.29, 1.82) is 0 Å². The number of carbonyl (C=O) groups is 1. The summed E-state index contributed by atoms with van der Waals surface area (Å²) in [5.41, 5.74) is 2.67. The Morgan fingerprint density at radius 2 is 1.83 bits per heavy atom. The average Bonchev–Trinajstić information content (AvgIpc) is 2.79. The first kappa shape index (κ1) is 17.6. The molecule has 0 unspecified atom stereocenters. The van der Waals surface area contributed by atoms with Crippen molar-refractivity contribution in [1.82, 2.24) is 9.55 Å². The Morgan fingerprint density at radius 3 is 2.29 bits per heavy atom. The Balaban J connectivity index is 2.64. The minimum Gasteiger partial charge on any atom is -0.478 e. The Labute approximate surface area is 130 Å².